The summed E-state index contributed by atoms with van der Waals surface area (Å²) >= 11 is 5.94. The molecule has 0 aromatic heterocycles. The number of halogens is 2. The Morgan fingerprint density at radius 1 is 1.16 bits per heavy atom. The molecule has 19 heavy (non-hydrogen) atoms. The molecule has 2 rings (SSSR count). The van der Waals surface area contributed by atoms with E-state index in [0.29, 0.717) is 23.9 Å². The first-order valence-corrected chi connectivity index (χ1v) is 6.48. The molecular formula is C15H15ClFNO. The third-order valence-corrected chi connectivity index (χ3v) is 2.98. The minimum Gasteiger partial charge on any atom is -0.494 e. The van der Waals surface area contributed by atoms with Crippen LogP contribution < -0.4 is 10.1 Å². The number of anilines is 1. The molecule has 0 heterocycles. The molecule has 0 bridgehead atoms. The molecule has 0 saturated heterocycles. The molecule has 2 aromatic carbocycles. The number of hydrogen-bond acceptors (Lipinski definition) is 2. The van der Waals surface area contributed by atoms with Crippen molar-refractivity contribution in [2.24, 2.45) is 0 Å². The molecule has 0 aliphatic heterocycles. The van der Waals surface area contributed by atoms with Gasteiger partial charge in [0.05, 0.1) is 17.3 Å². The van der Waals surface area contributed by atoms with Crippen molar-refractivity contribution in [3.8, 4) is 5.75 Å². The maximum atomic E-state index is 13.6. The zero-order valence-corrected chi connectivity index (χ0v) is 11.4. The molecule has 0 unspecified atom stereocenters. The molecular weight excluding hydrogens is 265 g/mol. The van der Waals surface area contributed by atoms with E-state index in [2.05, 4.69) is 5.32 Å². The molecule has 4 heteroatoms. The Labute approximate surface area is 117 Å². The monoisotopic (exact) mass is 279 g/mol. The Balaban J connectivity index is 2.02. The second kappa shape index (κ2) is 6.43. The largest absolute Gasteiger partial charge is 0.494 e. The summed E-state index contributed by atoms with van der Waals surface area (Å²) in [6.45, 7) is 3.09. The predicted octanol–water partition coefficient (Wildman–Crippen LogP) is 4.49. The molecule has 0 amide bonds. The lowest BCUT2D eigenvalue weighted by atomic mass is 10.2. The Morgan fingerprint density at radius 3 is 2.53 bits per heavy atom. The van der Waals surface area contributed by atoms with Gasteiger partial charge in [0, 0.05) is 6.54 Å². The minimum atomic E-state index is -0.349. The fourth-order valence-electron chi connectivity index (χ4n) is 1.73. The molecule has 2 nitrogen and oxygen atoms in total. The molecule has 0 atom stereocenters. The van der Waals surface area contributed by atoms with Crippen LogP contribution in [0.4, 0.5) is 10.1 Å². The lowest BCUT2D eigenvalue weighted by molar-refractivity contribution is 0.340. The number of rotatable bonds is 5. The Hall–Kier alpha value is -1.74. The Bertz CT molecular complexity index is 522. The second-order valence-corrected chi connectivity index (χ2v) is 4.43. The van der Waals surface area contributed by atoms with Crippen molar-refractivity contribution in [3.05, 3.63) is 58.9 Å². The first kappa shape index (κ1) is 13.7. The van der Waals surface area contributed by atoms with Crippen LogP contribution in [0.2, 0.25) is 5.02 Å². The topological polar surface area (TPSA) is 21.3 Å². The predicted molar refractivity (Wildman–Crippen MR) is 76.3 cm³/mol. The molecule has 0 spiro atoms. The van der Waals surface area contributed by atoms with Gasteiger partial charge in [-0.15, -0.1) is 0 Å². The second-order valence-electron chi connectivity index (χ2n) is 4.03. The van der Waals surface area contributed by atoms with Crippen molar-refractivity contribution in [1.82, 2.24) is 0 Å². The van der Waals surface area contributed by atoms with Crippen LogP contribution >= 0.6 is 11.6 Å². The van der Waals surface area contributed by atoms with Crippen LogP contribution in [0.25, 0.3) is 0 Å². The van der Waals surface area contributed by atoms with E-state index in [1.807, 2.05) is 31.2 Å². The van der Waals surface area contributed by atoms with Crippen LogP contribution in [0, 0.1) is 5.82 Å². The van der Waals surface area contributed by atoms with Crippen molar-refractivity contribution < 1.29 is 9.13 Å². The van der Waals surface area contributed by atoms with Crippen LogP contribution in [0.1, 0.15) is 12.5 Å². The summed E-state index contributed by atoms with van der Waals surface area (Å²) in [6.07, 6.45) is 0. The highest BCUT2D eigenvalue weighted by molar-refractivity contribution is 6.33. The third kappa shape index (κ3) is 3.61. The Kier molecular flexibility index (Phi) is 4.63. The highest BCUT2D eigenvalue weighted by Crippen LogP contribution is 2.25. The summed E-state index contributed by atoms with van der Waals surface area (Å²) < 4.78 is 18.9. The zero-order valence-electron chi connectivity index (χ0n) is 10.6. The van der Waals surface area contributed by atoms with Crippen LogP contribution in [-0.2, 0) is 6.54 Å². The van der Waals surface area contributed by atoms with E-state index in [0.717, 1.165) is 11.3 Å². The lowest BCUT2D eigenvalue weighted by Gasteiger charge is -2.10. The maximum Gasteiger partial charge on any atom is 0.147 e. The fraction of sp³-hybridized carbons (Fsp3) is 0.200. The van der Waals surface area contributed by atoms with Crippen molar-refractivity contribution in [3.63, 3.8) is 0 Å². The molecule has 0 radical (unpaired) electrons. The van der Waals surface area contributed by atoms with Crippen LogP contribution in [0.15, 0.2) is 42.5 Å². The third-order valence-electron chi connectivity index (χ3n) is 2.67. The van der Waals surface area contributed by atoms with Crippen LogP contribution in [0.3, 0.4) is 0 Å². The number of hydrogen-bond donors (Lipinski definition) is 1. The average Bonchev–Trinajstić information content (AvgIpc) is 2.40. The van der Waals surface area contributed by atoms with Gasteiger partial charge in [-0.25, -0.2) is 4.39 Å². The van der Waals surface area contributed by atoms with E-state index < -0.39 is 0 Å². The van der Waals surface area contributed by atoms with Gasteiger partial charge in [0.25, 0.3) is 0 Å². The van der Waals surface area contributed by atoms with Crippen molar-refractivity contribution in [1.29, 1.82) is 0 Å². The standard InChI is InChI=1S/C15H15ClFNO/c1-2-19-12-8-6-11(7-9-12)10-18-15-13(16)4-3-5-14(15)17/h3-9,18H,2,10H2,1H3. The summed E-state index contributed by atoms with van der Waals surface area (Å²) in [6, 6.07) is 12.3. The van der Waals surface area contributed by atoms with Gasteiger partial charge in [-0.3, -0.25) is 0 Å². The van der Waals surface area contributed by atoms with E-state index in [1.165, 1.54) is 6.07 Å². The SMILES string of the molecule is CCOc1ccc(CNc2c(F)cccc2Cl)cc1. The van der Waals surface area contributed by atoms with Gasteiger partial charge >= 0.3 is 0 Å². The van der Waals surface area contributed by atoms with E-state index in [1.54, 1.807) is 12.1 Å². The van der Waals surface area contributed by atoms with E-state index >= 15 is 0 Å². The van der Waals surface area contributed by atoms with E-state index in [4.69, 9.17) is 16.3 Å². The summed E-state index contributed by atoms with van der Waals surface area (Å²) in [7, 11) is 0. The van der Waals surface area contributed by atoms with Gasteiger partial charge in [-0.2, -0.15) is 0 Å². The molecule has 2 aromatic rings. The van der Waals surface area contributed by atoms with Gasteiger partial charge in [-0.05, 0) is 36.8 Å². The number of benzene rings is 2. The maximum absolute atomic E-state index is 13.6. The summed E-state index contributed by atoms with van der Waals surface area (Å²) in [4.78, 5) is 0. The average molecular weight is 280 g/mol. The van der Waals surface area contributed by atoms with Gasteiger partial charge in [0.2, 0.25) is 0 Å². The molecule has 100 valence electrons. The smallest absolute Gasteiger partial charge is 0.147 e. The van der Waals surface area contributed by atoms with Crippen molar-refractivity contribution >= 4 is 17.3 Å². The normalized spacial score (nSPS) is 10.3. The zero-order chi connectivity index (χ0) is 13.7. The van der Waals surface area contributed by atoms with Crippen LogP contribution in [-0.4, -0.2) is 6.61 Å². The summed E-state index contributed by atoms with van der Waals surface area (Å²) in [5.74, 6) is 0.480. The first-order valence-electron chi connectivity index (χ1n) is 6.10. The van der Waals surface area contributed by atoms with Crippen molar-refractivity contribution in [2.75, 3.05) is 11.9 Å². The summed E-state index contributed by atoms with van der Waals surface area (Å²) in [5.41, 5.74) is 1.36. The van der Waals surface area contributed by atoms with Crippen molar-refractivity contribution in [2.45, 2.75) is 13.5 Å². The highest BCUT2D eigenvalue weighted by Gasteiger charge is 2.05. The first-order chi connectivity index (χ1) is 9.20. The Morgan fingerprint density at radius 2 is 1.89 bits per heavy atom. The minimum absolute atomic E-state index is 0.332. The summed E-state index contributed by atoms with van der Waals surface area (Å²) in [5, 5.41) is 3.38. The lowest BCUT2D eigenvalue weighted by Crippen LogP contribution is -2.02. The number of para-hydroxylation sites is 1. The molecule has 0 aliphatic rings. The van der Waals surface area contributed by atoms with Crippen LogP contribution in [0.5, 0.6) is 5.75 Å². The van der Waals surface area contributed by atoms with E-state index in [-0.39, 0.29) is 5.82 Å². The molecule has 0 saturated carbocycles. The van der Waals surface area contributed by atoms with Gasteiger partial charge in [0.15, 0.2) is 0 Å². The fourth-order valence-corrected chi connectivity index (χ4v) is 1.96. The molecule has 0 fully saturated rings. The number of ether oxygens (including phenoxy) is 1. The van der Waals surface area contributed by atoms with E-state index in [9.17, 15) is 4.39 Å². The van der Waals surface area contributed by atoms with Gasteiger partial charge in [0.1, 0.15) is 11.6 Å². The van der Waals surface area contributed by atoms with Gasteiger partial charge < -0.3 is 10.1 Å². The quantitative estimate of drug-likeness (QED) is 0.871. The molecule has 1 N–H and O–H groups in total. The number of nitrogens with one attached hydrogen (secondary N) is 1. The van der Waals surface area contributed by atoms with Gasteiger partial charge in [-0.1, -0.05) is 29.8 Å². The highest BCUT2D eigenvalue weighted by atomic mass is 35.5. The molecule has 0 aliphatic carbocycles.